The van der Waals surface area contributed by atoms with E-state index < -0.39 is 0 Å². The zero-order valence-corrected chi connectivity index (χ0v) is 10.9. The number of hydrogen-bond donors (Lipinski definition) is 2. The fourth-order valence-corrected chi connectivity index (χ4v) is 1.35. The third kappa shape index (κ3) is 5.52. The van der Waals surface area contributed by atoms with Crippen LogP contribution in [0.2, 0.25) is 0 Å². The summed E-state index contributed by atoms with van der Waals surface area (Å²) in [5, 5.41) is 5.52. The predicted molar refractivity (Wildman–Crippen MR) is 68.1 cm³/mol. The maximum absolute atomic E-state index is 11.5. The second-order valence-corrected chi connectivity index (χ2v) is 4.53. The van der Waals surface area contributed by atoms with Crippen molar-refractivity contribution in [2.75, 3.05) is 13.1 Å². The van der Waals surface area contributed by atoms with Crippen LogP contribution in [0.1, 0.15) is 37.2 Å². The zero-order valence-electron chi connectivity index (χ0n) is 10.9. The normalized spacial score (nSPS) is 10.4. The van der Waals surface area contributed by atoms with Gasteiger partial charge < -0.3 is 15.1 Å². The maximum Gasteiger partial charge on any atom is 0.286 e. The molecule has 0 spiro atoms. The van der Waals surface area contributed by atoms with Crippen LogP contribution in [0.5, 0.6) is 0 Å². The number of hydrogen-bond acceptors (Lipinski definition) is 3. The fraction of sp³-hybridized carbons (Fsp3) is 0.538. The second-order valence-electron chi connectivity index (χ2n) is 4.53. The summed E-state index contributed by atoms with van der Waals surface area (Å²) >= 11 is 0. The van der Waals surface area contributed by atoms with Gasteiger partial charge in [-0.15, -0.1) is 0 Å². The Morgan fingerprint density at radius 3 is 2.72 bits per heavy atom. The molecule has 5 heteroatoms. The zero-order chi connectivity index (χ0) is 13.4. The van der Waals surface area contributed by atoms with Gasteiger partial charge in [0.1, 0.15) is 0 Å². The largest absolute Gasteiger partial charge is 0.459 e. The first kappa shape index (κ1) is 14.3. The molecule has 0 aliphatic carbocycles. The van der Waals surface area contributed by atoms with Crippen molar-refractivity contribution in [1.29, 1.82) is 0 Å². The van der Waals surface area contributed by atoms with E-state index in [1.165, 1.54) is 6.26 Å². The second kappa shape index (κ2) is 7.53. The minimum absolute atomic E-state index is 0.0240. The molecule has 0 aliphatic rings. The minimum Gasteiger partial charge on any atom is -0.459 e. The summed E-state index contributed by atoms with van der Waals surface area (Å²) in [6.45, 7) is 5.25. The standard InChI is InChI=1S/C13H20N2O3/c1-10(2)9-15-12(16)6-3-7-14-13(17)11-5-4-8-18-11/h4-5,8,10H,3,6-7,9H2,1-2H3,(H,14,17)(H,15,16). The van der Waals surface area contributed by atoms with Crippen LogP contribution < -0.4 is 10.6 Å². The van der Waals surface area contributed by atoms with Crippen LogP contribution in [0.4, 0.5) is 0 Å². The number of carbonyl (C=O) groups excluding carboxylic acids is 2. The molecule has 0 saturated carbocycles. The molecule has 0 bridgehead atoms. The highest BCUT2D eigenvalue weighted by Gasteiger charge is 2.07. The molecule has 0 saturated heterocycles. The monoisotopic (exact) mass is 252 g/mol. The highest BCUT2D eigenvalue weighted by molar-refractivity contribution is 5.91. The minimum atomic E-state index is -0.248. The Morgan fingerprint density at radius 2 is 2.11 bits per heavy atom. The van der Waals surface area contributed by atoms with Crippen molar-refractivity contribution < 1.29 is 14.0 Å². The number of amides is 2. The van der Waals surface area contributed by atoms with E-state index in [0.29, 0.717) is 37.6 Å². The van der Waals surface area contributed by atoms with Gasteiger partial charge in [0.2, 0.25) is 5.91 Å². The summed E-state index contributed by atoms with van der Waals surface area (Å²) < 4.78 is 4.95. The van der Waals surface area contributed by atoms with Crippen molar-refractivity contribution in [3.8, 4) is 0 Å². The smallest absolute Gasteiger partial charge is 0.286 e. The first-order valence-electron chi connectivity index (χ1n) is 6.18. The van der Waals surface area contributed by atoms with E-state index in [1.807, 2.05) is 13.8 Å². The van der Waals surface area contributed by atoms with Crippen molar-refractivity contribution in [3.63, 3.8) is 0 Å². The SMILES string of the molecule is CC(C)CNC(=O)CCCNC(=O)c1ccco1. The van der Waals surface area contributed by atoms with Crippen LogP contribution >= 0.6 is 0 Å². The van der Waals surface area contributed by atoms with E-state index in [1.54, 1.807) is 12.1 Å². The Balaban J connectivity index is 2.08. The molecule has 1 heterocycles. The van der Waals surface area contributed by atoms with Crippen molar-refractivity contribution in [2.24, 2.45) is 5.92 Å². The Kier molecular flexibility index (Phi) is 5.97. The average molecular weight is 252 g/mol. The van der Waals surface area contributed by atoms with Gasteiger partial charge in [0.15, 0.2) is 5.76 Å². The van der Waals surface area contributed by atoms with E-state index in [-0.39, 0.29) is 11.8 Å². The number of carbonyl (C=O) groups is 2. The fourth-order valence-electron chi connectivity index (χ4n) is 1.35. The van der Waals surface area contributed by atoms with Gasteiger partial charge in [0.25, 0.3) is 5.91 Å². The van der Waals surface area contributed by atoms with Crippen LogP contribution in [-0.2, 0) is 4.79 Å². The molecular weight excluding hydrogens is 232 g/mol. The van der Waals surface area contributed by atoms with E-state index >= 15 is 0 Å². The van der Waals surface area contributed by atoms with Crippen LogP contribution in [0, 0.1) is 5.92 Å². The molecule has 2 amide bonds. The van der Waals surface area contributed by atoms with Crippen LogP contribution in [0.25, 0.3) is 0 Å². The first-order valence-corrected chi connectivity index (χ1v) is 6.18. The van der Waals surface area contributed by atoms with Gasteiger partial charge in [0.05, 0.1) is 6.26 Å². The lowest BCUT2D eigenvalue weighted by Gasteiger charge is -2.07. The molecule has 100 valence electrons. The van der Waals surface area contributed by atoms with E-state index in [2.05, 4.69) is 10.6 Å². The molecule has 1 aromatic rings. The van der Waals surface area contributed by atoms with Crippen molar-refractivity contribution >= 4 is 11.8 Å². The van der Waals surface area contributed by atoms with Gasteiger partial charge in [-0.3, -0.25) is 9.59 Å². The third-order valence-electron chi connectivity index (χ3n) is 2.32. The summed E-state index contributed by atoms with van der Waals surface area (Å²) in [6, 6.07) is 3.26. The third-order valence-corrected chi connectivity index (χ3v) is 2.32. The van der Waals surface area contributed by atoms with Gasteiger partial charge >= 0.3 is 0 Å². The molecule has 0 fully saturated rings. The Bertz CT molecular complexity index is 372. The van der Waals surface area contributed by atoms with E-state index in [4.69, 9.17) is 4.42 Å². The van der Waals surface area contributed by atoms with Gasteiger partial charge in [-0.2, -0.15) is 0 Å². The van der Waals surface area contributed by atoms with Crippen molar-refractivity contribution in [1.82, 2.24) is 10.6 Å². The molecule has 0 radical (unpaired) electrons. The predicted octanol–water partition coefficient (Wildman–Crippen LogP) is 1.56. The summed E-state index contributed by atoms with van der Waals surface area (Å²) in [4.78, 5) is 22.8. The summed E-state index contributed by atoms with van der Waals surface area (Å²) in [7, 11) is 0. The molecular formula is C13H20N2O3. The van der Waals surface area contributed by atoms with Gasteiger partial charge in [-0.05, 0) is 24.5 Å². The molecule has 0 aliphatic heterocycles. The lowest BCUT2D eigenvalue weighted by molar-refractivity contribution is -0.121. The Labute approximate surface area is 107 Å². The molecule has 0 atom stereocenters. The lowest BCUT2D eigenvalue weighted by atomic mass is 10.2. The number of nitrogens with one attached hydrogen (secondary N) is 2. The topological polar surface area (TPSA) is 71.3 Å². The quantitative estimate of drug-likeness (QED) is 0.723. The number of rotatable bonds is 7. The molecule has 0 unspecified atom stereocenters. The van der Waals surface area contributed by atoms with Crippen LogP contribution in [0.15, 0.2) is 22.8 Å². The van der Waals surface area contributed by atoms with Gasteiger partial charge in [0, 0.05) is 19.5 Å². The lowest BCUT2D eigenvalue weighted by Crippen LogP contribution is -2.29. The summed E-state index contributed by atoms with van der Waals surface area (Å²) in [5.41, 5.74) is 0. The van der Waals surface area contributed by atoms with E-state index in [0.717, 1.165) is 0 Å². The van der Waals surface area contributed by atoms with E-state index in [9.17, 15) is 9.59 Å². The molecule has 18 heavy (non-hydrogen) atoms. The van der Waals surface area contributed by atoms with Gasteiger partial charge in [-0.25, -0.2) is 0 Å². The van der Waals surface area contributed by atoms with Crippen molar-refractivity contribution in [2.45, 2.75) is 26.7 Å². The maximum atomic E-state index is 11.5. The average Bonchev–Trinajstić information content (AvgIpc) is 2.85. The highest BCUT2D eigenvalue weighted by Crippen LogP contribution is 1.99. The molecule has 2 N–H and O–H groups in total. The Hall–Kier alpha value is -1.78. The molecule has 5 nitrogen and oxygen atoms in total. The molecule has 0 aromatic carbocycles. The first-order chi connectivity index (χ1) is 8.59. The van der Waals surface area contributed by atoms with Crippen LogP contribution in [0.3, 0.4) is 0 Å². The summed E-state index contributed by atoms with van der Waals surface area (Å²) in [5.74, 6) is 0.519. The van der Waals surface area contributed by atoms with Crippen molar-refractivity contribution in [3.05, 3.63) is 24.2 Å². The summed E-state index contributed by atoms with van der Waals surface area (Å²) in [6.07, 6.45) is 2.50. The van der Waals surface area contributed by atoms with Gasteiger partial charge in [-0.1, -0.05) is 13.8 Å². The van der Waals surface area contributed by atoms with Crippen LogP contribution in [-0.4, -0.2) is 24.9 Å². The molecule has 1 rings (SSSR count). The number of furan rings is 1. The Morgan fingerprint density at radius 1 is 1.33 bits per heavy atom. The molecule has 1 aromatic heterocycles. The highest BCUT2D eigenvalue weighted by atomic mass is 16.3.